The van der Waals surface area contributed by atoms with Gasteiger partial charge in [0.1, 0.15) is 11.4 Å². The van der Waals surface area contributed by atoms with Gasteiger partial charge in [0.2, 0.25) is 5.91 Å². The van der Waals surface area contributed by atoms with Gasteiger partial charge in [0.15, 0.2) is 0 Å². The van der Waals surface area contributed by atoms with Crippen molar-refractivity contribution in [2.75, 3.05) is 31.1 Å². The third-order valence-electron chi connectivity index (χ3n) is 5.70. The highest BCUT2D eigenvalue weighted by Crippen LogP contribution is 2.30. The molecule has 156 valence electrons. The average molecular weight is 431 g/mol. The van der Waals surface area contributed by atoms with Crippen molar-refractivity contribution in [1.82, 2.24) is 14.5 Å². The summed E-state index contributed by atoms with van der Waals surface area (Å²) < 4.78 is 1.44. The fraction of sp³-hybridized carbons (Fsp3) is 0.208. The van der Waals surface area contributed by atoms with Gasteiger partial charge in [-0.3, -0.25) is 14.2 Å². The van der Waals surface area contributed by atoms with Crippen LogP contribution in [-0.2, 0) is 11.3 Å². The van der Waals surface area contributed by atoms with E-state index in [4.69, 9.17) is 0 Å². The number of nitrogens with zero attached hydrogens (tertiary/aromatic N) is 4. The van der Waals surface area contributed by atoms with Gasteiger partial charge in [-0.1, -0.05) is 48.5 Å². The number of benzene rings is 2. The molecular weight excluding hydrogens is 408 g/mol. The number of amides is 1. The zero-order valence-electron chi connectivity index (χ0n) is 17.0. The molecule has 0 unspecified atom stereocenters. The normalized spacial score (nSPS) is 14.2. The lowest BCUT2D eigenvalue weighted by atomic mass is 10.1. The molecule has 0 atom stereocenters. The molecule has 31 heavy (non-hydrogen) atoms. The molecule has 0 spiro atoms. The molecule has 2 aromatic heterocycles. The van der Waals surface area contributed by atoms with Crippen molar-refractivity contribution >= 4 is 33.1 Å². The second-order valence-corrected chi connectivity index (χ2v) is 8.43. The molecule has 7 heteroatoms. The van der Waals surface area contributed by atoms with E-state index in [1.165, 1.54) is 27.9 Å². The van der Waals surface area contributed by atoms with Crippen LogP contribution < -0.4 is 10.5 Å². The molecule has 2 aromatic carbocycles. The molecule has 4 aromatic rings. The van der Waals surface area contributed by atoms with E-state index in [1.807, 2.05) is 58.8 Å². The minimum absolute atomic E-state index is 0.0111. The SMILES string of the molecule is O=C(Cn1cnc2scc(-c3ccccc3)c2c1=O)N1CCN(c2ccccc2)CC1. The number of piperazine rings is 1. The first-order chi connectivity index (χ1) is 15.2. The Hall–Kier alpha value is -3.45. The Labute approximate surface area is 184 Å². The van der Waals surface area contributed by atoms with Crippen LogP contribution in [0.5, 0.6) is 0 Å². The molecule has 1 saturated heterocycles. The lowest BCUT2D eigenvalue weighted by Gasteiger charge is -2.36. The molecule has 0 radical (unpaired) electrons. The van der Waals surface area contributed by atoms with Crippen LogP contribution in [-0.4, -0.2) is 46.5 Å². The van der Waals surface area contributed by atoms with Crippen molar-refractivity contribution in [1.29, 1.82) is 0 Å². The Balaban J connectivity index is 1.33. The first kappa shape index (κ1) is 19.5. The van der Waals surface area contributed by atoms with Gasteiger partial charge in [-0.2, -0.15) is 0 Å². The van der Waals surface area contributed by atoms with Crippen molar-refractivity contribution in [2.45, 2.75) is 6.54 Å². The van der Waals surface area contributed by atoms with Gasteiger partial charge in [-0.25, -0.2) is 4.98 Å². The van der Waals surface area contributed by atoms with E-state index in [-0.39, 0.29) is 18.0 Å². The Bertz CT molecular complexity index is 1260. The summed E-state index contributed by atoms with van der Waals surface area (Å²) in [5, 5.41) is 2.55. The summed E-state index contributed by atoms with van der Waals surface area (Å²) in [5.74, 6) is -0.0487. The van der Waals surface area contributed by atoms with Gasteiger partial charge in [0.05, 0.1) is 11.7 Å². The second kappa shape index (κ2) is 8.35. The molecule has 1 aliphatic rings. The van der Waals surface area contributed by atoms with Crippen molar-refractivity contribution in [3.63, 3.8) is 0 Å². The van der Waals surface area contributed by atoms with Gasteiger partial charge >= 0.3 is 0 Å². The molecule has 6 nitrogen and oxygen atoms in total. The summed E-state index contributed by atoms with van der Waals surface area (Å²) in [7, 11) is 0. The lowest BCUT2D eigenvalue weighted by Crippen LogP contribution is -2.50. The third-order valence-corrected chi connectivity index (χ3v) is 6.59. The molecule has 0 aliphatic carbocycles. The Kier molecular flexibility index (Phi) is 5.26. The number of rotatable bonds is 4. The smallest absolute Gasteiger partial charge is 0.263 e. The van der Waals surface area contributed by atoms with E-state index in [0.29, 0.717) is 23.3 Å². The Morgan fingerprint density at radius 1 is 0.935 bits per heavy atom. The van der Waals surface area contributed by atoms with Crippen molar-refractivity contribution in [3.8, 4) is 11.1 Å². The van der Waals surface area contributed by atoms with E-state index >= 15 is 0 Å². The highest BCUT2D eigenvalue weighted by Gasteiger charge is 2.22. The Morgan fingerprint density at radius 2 is 1.61 bits per heavy atom. The van der Waals surface area contributed by atoms with Crippen molar-refractivity contribution < 1.29 is 4.79 Å². The molecule has 0 saturated carbocycles. The highest BCUT2D eigenvalue weighted by atomic mass is 32.1. The maximum Gasteiger partial charge on any atom is 0.263 e. The number of carbonyl (C=O) groups excluding carboxylic acids is 1. The number of hydrogen-bond acceptors (Lipinski definition) is 5. The predicted molar refractivity (Wildman–Crippen MR) is 125 cm³/mol. The van der Waals surface area contributed by atoms with Crippen LogP contribution in [0.15, 0.2) is 77.2 Å². The molecule has 0 bridgehead atoms. The minimum Gasteiger partial charge on any atom is -0.368 e. The third kappa shape index (κ3) is 3.84. The topological polar surface area (TPSA) is 58.4 Å². The van der Waals surface area contributed by atoms with E-state index < -0.39 is 0 Å². The molecule has 3 heterocycles. The van der Waals surface area contributed by atoms with Gasteiger partial charge in [-0.15, -0.1) is 11.3 Å². The van der Waals surface area contributed by atoms with Gasteiger partial charge in [-0.05, 0) is 17.7 Å². The van der Waals surface area contributed by atoms with E-state index in [2.05, 4.69) is 22.0 Å². The molecule has 1 fully saturated rings. The van der Waals surface area contributed by atoms with Crippen LogP contribution in [0.25, 0.3) is 21.3 Å². The standard InChI is InChI=1S/C24H22N4O2S/c29-21(27-13-11-26(12-14-27)19-9-5-2-6-10-19)15-28-17-25-23-22(24(28)30)20(16-31-23)18-7-3-1-4-8-18/h1-10,16-17H,11-15H2. The number of hydrogen-bond donors (Lipinski definition) is 0. The minimum atomic E-state index is -0.165. The first-order valence-electron chi connectivity index (χ1n) is 10.3. The number of anilines is 1. The summed E-state index contributed by atoms with van der Waals surface area (Å²) in [6.07, 6.45) is 1.49. The molecule has 1 amide bonds. The van der Waals surface area contributed by atoms with E-state index in [9.17, 15) is 9.59 Å². The lowest BCUT2D eigenvalue weighted by molar-refractivity contribution is -0.132. The fourth-order valence-electron chi connectivity index (χ4n) is 4.01. The number of fused-ring (bicyclic) bond motifs is 1. The largest absolute Gasteiger partial charge is 0.368 e. The fourth-order valence-corrected chi connectivity index (χ4v) is 4.92. The van der Waals surface area contributed by atoms with Crippen molar-refractivity contribution in [3.05, 3.63) is 82.7 Å². The number of thiophene rings is 1. The second-order valence-electron chi connectivity index (χ2n) is 7.58. The maximum absolute atomic E-state index is 13.2. The van der Waals surface area contributed by atoms with Crippen LogP contribution in [0.2, 0.25) is 0 Å². The van der Waals surface area contributed by atoms with Crippen LogP contribution in [0.3, 0.4) is 0 Å². The average Bonchev–Trinajstić information content (AvgIpc) is 3.27. The summed E-state index contributed by atoms with van der Waals surface area (Å²) in [6.45, 7) is 2.87. The quantitative estimate of drug-likeness (QED) is 0.497. The number of para-hydroxylation sites is 1. The zero-order chi connectivity index (χ0) is 21.2. The monoisotopic (exact) mass is 430 g/mol. The summed E-state index contributed by atoms with van der Waals surface area (Å²) in [4.78, 5) is 35.4. The predicted octanol–water partition coefficient (Wildman–Crippen LogP) is 3.47. The van der Waals surface area contributed by atoms with Crippen LogP contribution in [0.4, 0.5) is 5.69 Å². The Morgan fingerprint density at radius 3 is 2.32 bits per heavy atom. The first-order valence-corrected chi connectivity index (χ1v) is 11.2. The highest BCUT2D eigenvalue weighted by molar-refractivity contribution is 7.17. The van der Waals surface area contributed by atoms with Gasteiger partial charge < -0.3 is 9.80 Å². The van der Waals surface area contributed by atoms with Crippen LogP contribution in [0.1, 0.15) is 0 Å². The van der Waals surface area contributed by atoms with Gasteiger partial charge in [0.25, 0.3) is 5.56 Å². The van der Waals surface area contributed by atoms with Crippen molar-refractivity contribution in [2.24, 2.45) is 0 Å². The maximum atomic E-state index is 13.2. The molecule has 5 rings (SSSR count). The van der Waals surface area contributed by atoms with Gasteiger partial charge in [0, 0.05) is 42.8 Å². The summed E-state index contributed by atoms with van der Waals surface area (Å²) in [6, 6.07) is 20.0. The number of aromatic nitrogens is 2. The molecular formula is C24H22N4O2S. The molecule has 0 N–H and O–H groups in total. The van der Waals surface area contributed by atoms with E-state index in [1.54, 1.807) is 0 Å². The number of carbonyl (C=O) groups is 1. The summed E-state index contributed by atoms with van der Waals surface area (Å²) in [5.41, 5.74) is 2.86. The molecule has 1 aliphatic heterocycles. The summed E-state index contributed by atoms with van der Waals surface area (Å²) >= 11 is 1.45. The van der Waals surface area contributed by atoms with Crippen LogP contribution in [0, 0.1) is 0 Å². The van der Waals surface area contributed by atoms with Crippen LogP contribution >= 0.6 is 11.3 Å². The van der Waals surface area contributed by atoms with E-state index in [0.717, 1.165) is 24.2 Å². The zero-order valence-corrected chi connectivity index (χ0v) is 17.8.